The van der Waals surface area contributed by atoms with E-state index in [1.165, 1.54) is 6.07 Å². The number of aryl methyl sites for hydroxylation is 1. The smallest absolute Gasteiger partial charge is 0.184 e. The molecule has 0 saturated carbocycles. The van der Waals surface area contributed by atoms with Crippen LogP contribution in [0.4, 0.5) is 4.39 Å². The fourth-order valence-corrected chi connectivity index (χ4v) is 1.59. The Morgan fingerprint density at radius 3 is 2.94 bits per heavy atom. The third-order valence-corrected chi connectivity index (χ3v) is 2.43. The van der Waals surface area contributed by atoms with Gasteiger partial charge in [0.2, 0.25) is 0 Å². The molecule has 0 atom stereocenters. The summed E-state index contributed by atoms with van der Waals surface area (Å²) < 4.78 is 13.6. The van der Waals surface area contributed by atoms with E-state index in [2.05, 4.69) is 15.2 Å². The van der Waals surface area contributed by atoms with E-state index in [9.17, 15) is 4.39 Å². The van der Waals surface area contributed by atoms with Crippen molar-refractivity contribution in [3.05, 3.63) is 34.9 Å². The molecule has 1 aromatic heterocycles. The van der Waals surface area contributed by atoms with Crippen LogP contribution in [0.5, 0.6) is 0 Å². The molecule has 0 radical (unpaired) electrons. The average molecular weight is 240 g/mol. The normalized spacial score (nSPS) is 10.7. The highest BCUT2D eigenvalue weighted by molar-refractivity contribution is 6.30. The van der Waals surface area contributed by atoms with Gasteiger partial charge < -0.3 is 0 Å². The Morgan fingerprint density at radius 2 is 2.25 bits per heavy atom. The highest BCUT2D eigenvalue weighted by atomic mass is 35.5. The third kappa shape index (κ3) is 2.22. The van der Waals surface area contributed by atoms with Gasteiger partial charge in [-0.3, -0.25) is 5.10 Å². The molecule has 0 saturated heterocycles. The topological polar surface area (TPSA) is 41.6 Å². The molecule has 0 aliphatic carbocycles. The van der Waals surface area contributed by atoms with Crippen LogP contribution in [0.3, 0.4) is 0 Å². The predicted molar refractivity (Wildman–Crippen MR) is 60.8 cm³/mol. The fraction of sp³-hybridized carbons (Fsp3) is 0.273. The van der Waals surface area contributed by atoms with Gasteiger partial charge in [0.1, 0.15) is 11.6 Å². The number of nitrogens with one attached hydrogen (secondary N) is 1. The number of aromatic nitrogens is 3. The Balaban J connectivity index is 2.35. The molecule has 3 nitrogen and oxygen atoms in total. The standard InChI is InChI=1S/C11H11ClFN3/c1-2-3-10-14-11(16-15-10)8-5-4-7(12)6-9(8)13/h4-6H,2-3H2,1H3,(H,14,15,16). The molecule has 1 heterocycles. The number of aromatic amines is 1. The van der Waals surface area contributed by atoms with E-state index < -0.39 is 5.82 Å². The molecule has 0 fully saturated rings. The van der Waals surface area contributed by atoms with Crippen molar-refractivity contribution in [2.45, 2.75) is 19.8 Å². The van der Waals surface area contributed by atoms with Gasteiger partial charge in [-0.25, -0.2) is 9.37 Å². The molecular formula is C11H11ClFN3. The minimum atomic E-state index is -0.408. The average Bonchev–Trinajstić information content (AvgIpc) is 2.67. The zero-order chi connectivity index (χ0) is 11.5. The number of nitrogens with zero attached hydrogens (tertiary/aromatic N) is 2. The molecule has 0 aliphatic rings. The summed E-state index contributed by atoms with van der Waals surface area (Å²) in [6.45, 7) is 2.05. The van der Waals surface area contributed by atoms with Crippen molar-refractivity contribution in [2.24, 2.45) is 0 Å². The Hall–Kier alpha value is -1.42. The van der Waals surface area contributed by atoms with Crippen LogP contribution in [0.25, 0.3) is 11.4 Å². The van der Waals surface area contributed by atoms with Crippen molar-refractivity contribution < 1.29 is 4.39 Å². The number of rotatable bonds is 3. The molecule has 1 N–H and O–H groups in total. The van der Waals surface area contributed by atoms with Crippen molar-refractivity contribution in [2.75, 3.05) is 0 Å². The van der Waals surface area contributed by atoms with Crippen molar-refractivity contribution in [3.8, 4) is 11.4 Å². The van der Waals surface area contributed by atoms with Gasteiger partial charge in [-0.05, 0) is 24.6 Å². The van der Waals surface area contributed by atoms with Crippen LogP contribution < -0.4 is 0 Å². The lowest BCUT2D eigenvalue weighted by molar-refractivity contribution is 0.630. The zero-order valence-electron chi connectivity index (χ0n) is 8.80. The van der Waals surface area contributed by atoms with Crippen LogP contribution in [-0.2, 0) is 6.42 Å². The summed E-state index contributed by atoms with van der Waals surface area (Å²) in [4.78, 5) is 4.21. The Morgan fingerprint density at radius 1 is 1.44 bits per heavy atom. The van der Waals surface area contributed by atoms with Gasteiger partial charge in [0.05, 0.1) is 5.56 Å². The predicted octanol–water partition coefficient (Wildman–Crippen LogP) is 3.22. The van der Waals surface area contributed by atoms with E-state index in [0.29, 0.717) is 16.4 Å². The van der Waals surface area contributed by atoms with E-state index in [1.807, 2.05) is 6.92 Å². The van der Waals surface area contributed by atoms with Gasteiger partial charge in [0.25, 0.3) is 0 Å². The maximum atomic E-state index is 13.6. The van der Waals surface area contributed by atoms with Gasteiger partial charge in [0, 0.05) is 11.4 Å². The minimum Gasteiger partial charge on any atom is -0.263 e. The molecule has 2 aromatic rings. The summed E-state index contributed by atoms with van der Waals surface area (Å²) in [7, 11) is 0. The maximum absolute atomic E-state index is 13.6. The van der Waals surface area contributed by atoms with Crippen LogP contribution in [-0.4, -0.2) is 15.2 Å². The van der Waals surface area contributed by atoms with Crippen LogP contribution >= 0.6 is 11.6 Å². The summed E-state index contributed by atoms with van der Waals surface area (Å²) in [6, 6.07) is 4.46. The molecule has 0 unspecified atom stereocenters. The largest absolute Gasteiger partial charge is 0.263 e. The van der Waals surface area contributed by atoms with Crippen molar-refractivity contribution >= 4 is 11.6 Å². The highest BCUT2D eigenvalue weighted by Gasteiger charge is 2.10. The molecule has 0 aliphatic heterocycles. The van der Waals surface area contributed by atoms with Gasteiger partial charge in [-0.1, -0.05) is 18.5 Å². The number of benzene rings is 1. The molecule has 2 rings (SSSR count). The number of hydrogen-bond acceptors (Lipinski definition) is 2. The van der Waals surface area contributed by atoms with Crippen molar-refractivity contribution in [1.82, 2.24) is 15.2 Å². The molecule has 16 heavy (non-hydrogen) atoms. The molecular weight excluding hydrogens is 229 g/mol. The summed E-state index contributed by atoms with van der Waals surface area (Å²) in [5, 5.41) is 7.13. The van der Waals surface area contributed by atoms with Crippen molar-refractivity contribution in [3.63, 3.8) is 0 Å². The lowest BCUT2D eigenvalue weighted by Gasteiger charge is -1.97. The highest BCUT2D eigenvalue weighted by Crippen LogP contribution is 2.22. The number of hydrogen-bond donors (Lipinski definition) is 1. The van der Waals surface area contributed by atoms with Gasteiger partial charge >= 0.3 is 0 Å². The molecule has 0 spiro atoms. The van der Waals surface area contributed by atoms with Gasteiger partial charge in [-0.15, -0.1) is 0 Å². The lowest BCUT2D eigenvalue weighted by Crippen LogP contribution is -1.87. The fourth-order valence-electron chi connectivity index (χ4n) is 1.44. The third-order valence-electron chi connectivity index (χ3n) is 2.19. The minimum absolute atomic E-state index is 0.364. The first-order valence-electron chi connectivity index (χ1n) is 5.07. The second-order valence-electron chi connectivity index (χ2n) is 3.48. The van der Waals surface area contributed by atoms with Crippen molar-refractivity contribution in [1.29, 1.82) is 0 Å². The first kappa shape index (κ1) is 11.1. The monoisotopic (exact) mass is 239 g/mol. The molecule has 0 amide bonds. The summed E-state index contributed by atoms with van der Waals surface area (Å²) in [5.41, 5.74) is 0.364. The second-order valence-corrected chi connectivity index (χ2v) is 3.92. The van der Waals surface area contributed by atoms with Gasteiger partial charge in [0.15, 0.2) is 5.82 Å². The molecule has 1 aromatic carbocycles. The first-order chi connectivity index (χ1) is 7.70. The number of halogens is 2. The first-order valence-corrected chi connectivity index (χ1v) is 5.45. The maximum Gasteiger partial charge on any atom is 0.184 e. The SMILES string of the molecule is CCCc1nc(-c2ccc(Cl)cc2F)n[nH]1. The van der Waals surface area contributed by atoms with Crippen LogP contribution in [0.1, 0.15) is 19.2 Å². The Kier molecular flexibility index (Phi) is 3.19. The molecule has 0 bridgehead atoms. The van der Waals surface area contributed by atoms with Gasteiger partial charge in [-0.2, -0.15) is 5.10 Å². The molecule has 84 valence electrons. The quantitative estimate of drug-likeness (QED) is 0.894. The summed E-state index contributed by atoms with van der Waals surface area (Å²) >= 11 is 5.67. The van der Waals surface area contributed by atoms with E-state index >= 15 is 0 Å². The summed E-state index contributed by atoms with van der Waals surface area (Å²) in [5.74, 6) is 0.735. The second kappa shape index (κ2) is 4.61. The molecule has 5 heteroatoms. The Labute approximate surface area is 97.7 Å². The van der Waals surface area contributed by atoms with E-state index in [4.69, 9.17) is 11.6 Å². The summed E-state index contributed by atoms with van der Waals surface area (Å²) in [6.07, 6.45) is 1.78. The lowest BCUT2D eigenvalue weighted by atomic mass is 10.2. The van der Waals surface area contributed by atoms with E-state index in [1.54, 1.807) is 12.1 Å². The van der Waals surface area contributed by atoms with E-state index in [0.717, 1.165) is 18.7 Å². The van der Waals surface area contributed by atoms with Crippen LogP contribution in [0.2, 0.25) is 5.02 Å². The zero-order valence-corrected chi connectivity index (χ0v) is 9.55. The van der Waals surface area contributed by atoms with E-state index in [-0.39, 0.29) is 0 Å². The van der Waals surface area contributed by atoms with Crippen LogP contribution in [0, 0.1) is 5.82 Å². The Bertz CT molecular complexity index is 496. The van der Waals surface area contributed by atoms with Crippen LogP contribution in [0.15, 0.2) is 18.2 Å². The number of H-pyrrole nitrogens is 1.